The van der Waals surface area contributed by atoms with Gasteiger partial charge in [-0.2, -0.15) is 0 Å². The smallest absolute Gasteiger partial charge is 0.308 e. The third-order valence-corrected chi connectivity index (χ3v) is 3.52. The number of hydrogen-bond donors (Lipinski definition) is 0. The van der Waals surface area contributed by atoms with E-state index in [2.05, 4.69) is 18.6 Å². The Morgan fingerprint density at radius 2 is 2.19 bits per heavy atom. The van der Waals surface area contributed by atoms with E-state index in [4.69, 9.17) is 0 Å². The number of carbonyl (C=O) groups is 2. The Balaban J connectivity index is 2.51. The summed E-state index contributed by atoms with van der Waals surface area (Å²) >= 11 is 0. The third kappa shape index (κ3) is 3.32. The summed E-state index contributed by atoms with van der Waals surface area (Å²) in [4.78, 5) is 23.2. The molecule has 0 radical (unpaired) electrons. The Kier molecular flexibility index (Phi) is 4.11. The van der Waals surface area contributed by atoms with Crippen LogP contribution in [0.1, 0.15) is 46.5 Å². The van der Waals surface area contributed by atoms with Crippen LogP contribution in [0.2, 0.25) is 0 Å². The molecule has 0 aromatic heterocycles. The van der Waals surface area contributed by atoms with Crippen molar-refractivity contribution in [2.75, 3.05) is 7.11 Å². The van der Waals surface area contributed by atoms with Crippen LogP contribution in [-0.4, -0.2) is 18.9 Å². The summed E-state index contributed by atoms with van der Waals surface area (Å²) in [5.74, 6) is -0.00748. The maximum absolute atomic E-state index is 11.9. The summed E-state index contributed by atoms with van der Waals surface area (Å²) in [7, 11) is 1.39. The Morgan fingerprint density at radius 1 is 1.56 bits per heavy atom. The molecule has 0 saturated heterocycles. The summed E-state index contributed by atoms with van der Waals surface area (Å²) in [5.41, 5.74) is 0.141. The second kappa shape index (κ2) is 4.98. The largest absolute Gasteiger partial charge is 0.469 e. The lowest BCUT2D eigenvalue weighted by Crippen LogP contribution is -2.32. The first kappa shape index (κ1) is 13.2. The van der Waals surface area contributed by atoms with Crippen molar-refractivity contribution in [1.29, 1.82) is 0 Å². The molecule has 0 N–H and O–H groups in total. The lowest BCUT2D eigenvalue weighted by molar-refractivity contribution is -0.145. The topological polar surface area (TPSA) is 43.4 Å². The lowest BCUT2D eigenvalue weighted by Gasteiger charge is -2.33. The molecule has 0 aliphatic heterocycles. The Bertz CT molecular complexity index is 281. The number of carbonyl (C=O) groups excluding carboxylic acids is 2. The first-order valence-corrected chi connectivity index (χ1v) is 5.96. The quantitative estimate of drug-likeness (QED) is 0.695. The number of methoxy groups -OCH3 is 1. The van der Waals surface area contributed by atoms with Gasteiger partial charge in [0.1, 0.15) is 5.78 Å². The Morgan fingerprint density at radius 3 is 2.69 bits per heavy atom. The predicted molar refractivity (Wildman–Crippen MR) is 61.9 cm³/mol. The number of rotatable bonds is 3. The average molecular weight is 226 g/mol. The van der Waals surface area contributed by atoms with Crippen molar-refractivity contribution in [3.63, 3.8) is 0 Å². The number of esters is 1. The highest BCUT2D eigenvalue weighted by molar-refractivity contribution is 5.83. The zero-order valence-corrected chi connectivity index (χ0v) is 10.7. The van der Waals surface area contributed by atoms with Gasteiger partial charge in [0, 0.05) is 12.3 Å². The van der Waals surface area contributed by atoms with Crippen LogP contribution in [0.15, 0.2) is 0 Å². The van der Waals surface area contributed by atoms with Gasteiger partial charge in [0.2, 0.25) is 0 Å². The van der Waals surface area contributed by atoms with Gasteiger partial charge in [-0.3, -0.25) is 9.59 Å². The van der Waals surface area contributed by atoms with E-state index in [0.29, 0.717) is 18.6 Å². The molecule has 1 saturated carbocycles. The number of ether oxygens (including phenoxy) is 1. The van der Waals surface area contributed by atoms with E-state index < -0.39 is 0 Å². The Labute approximate surface area is 97.5 Å². The number of hydrogen-bond acceptors (Lipinski definition) is 3. The summed E-state index contributed by atoms with van der Waals surface area (Å²) in [6.07, 6.45) is 3.26. The van der Waals surface area contributed by atoms with Crippen LogP contribution in [0.25, 0.3) is 0 Å². The van der Waals surface area contributed by atoms with E-state index in [-0.39, 0.29) is 23.2 Å². The fourth-order valence-electron chi connectivity index (χ4n) is 2.40. The first-order valence-electron chi connectivity index (χ1n) is 5.96. The minimum atomic E-state index is -0.211. The van der Waals surface area contributed by atoms with Crippen LogP contribution in [0, 0.1) is 17.3 Å². The van der Waals surface area contributed by atoms with Crippen molar-refractivity contribution in [3.8, 4) is 0 Å². The van der Waals surface area contributed by atoms with Gasteiger partial charge in [-0.05, 0) is 24.7 Å². The van der Waals surface area contributed by atoms with Crippen molar-refractivity contribution >= 4 is 11.8 Å². The molecule has 3 heteroatoms. The fourth-order valence-corrected chi connectivity index (χ4v) is 2.40. The second-order valence-corrected chi connectivity index (χ2v) is 5.70. The van der Waals surface area contributed by atoms with Crippen molar-refractivity contribution in [2.45, 2.75) is 46.5 Å². The van der Waals surface area contributed by atoms with Crippen LogP contribution >= 0.6 is 0 Å². The SMILES string of the molecule is COC(=O)[C@@H](C)CC1CCC(C)(C)CC1=O. The maximum atomic E-state index is 11.9. The van der Waals surface area contributed by atoms with Gasteiger partial charge in [0.25, 0.3) is 0 Å². The van der Waals surface area contributed by atoms with Gasteiger partial charge >= 0.3 is 5.97 Å². The molecule has 1 rings (SSSR count). The normalized spacial score (nSPS) is 26.2. The van der Waals surface area contributed by atoms with Gasteiger partial charge in [0.05, 0.1) is 13.0 Å². The molecule has 1 fully saturated rings. The monoisotopic (exact) mass is 226 g/mol. The van der Waals surface area contributed by atoms with E-state index in [1.165, 1.54) is 7.11 Å². The molecule has 1 aliphatic carbocycles. The van der Waals surface area contributed by atoms with Crippen LogP contribution in [0.3, 0.4) is 0 Å². The van der Waals surface area contributed by atoms with E-state index in [1.807, 2.05) is 6.92 Å². The molecule has 0 amide bonds. The molecule has 0 aromatic carbocycles. The highest BCUT2D eigenvalue weighted by Gasteiger charge is 2.34. The van der Waals surface area contributed by atoms with E-state index in [1.54, 1.807) is 0 Å². The zero-order valence-electron chi connectivity index (χ0n) is 10.7. The number of Topliss-reactive ketones (excluding diaryl/α,β-unsaturated/α-hetero) is 1. The molecule has 92 valence electrons. The molecule has 2 atom stereocenters. The molecule has 3 nitrogen and oxygen atoms in total. The highest BCUT2D eigenvalue weighted by Crippen LogP contribution is 2.38. The van der Waals surface area contributed by atoms with Gasteiger partial charge in [-0.15, -0.1) is 0 Å². The minimum Gasteiger partial charge on any atom is -0.469 e. The predicted octanol–water partition coefficient (Wildman–Crippen LogP) is 2.58. The molecular formula is C13H22O3. The minimum absolute atomic E-state index is 0.0575. The molecule has 0 spiro atoms. The van der Waals surface area contributed by atoms with Crippen LogP contribution in [-0.2, 0) is 14.3 Å². The second-order valence-electron chi connectivity index (χ2n) is 5.70. The summed E-state index contributed by atoms with van der Waals surface area (Å²) in [6.45, 7) is 6.09. The van der Waals surface area contributed by atoms with Crippen molar-refractivity contribution in [1.82, 2.24) is 0 Å². The van der Waals surface area contributed by atoms with Gasteiger partial charge < -0.3 is 4.74 Å². The zero-order chi connectivity index (χ0) is 12.3. The lowest BCUT2D eigenvalue weighted by atomic mass is 9.70. The molecule has 0 bridgehead atoms. The molecular weight excluding hydrogens is 204 g/mol. The van der Waals surface area contributed by atoms with Crippen LogP contribution in [0.5, 0.6) is 0 Å². The summed E-state index contributed by atoms with van der Waals surface area (Å²) in [5, 5.41) is 0. The molecule has 1 aliphatic rings. The van der Waals surface area contributed by atoms with Crippen LogP contribution in [0.4, 0.5) is 0 Å². The molecule has 0 heterocycles. The van der Waals surface area contributed by atoms with E-state index >= 15 is 0 Å². The average Bonchev–Trinajstić information content (AvgIpc) is 2.20. The van der Waals surface area contributed by atoms with E-state index in [9.17, 15) is 9.59 Å². The molecule has 16 heavy (non-hydrogen) atoms. The summed E-state index contributed by atoms with van der Waals surface area (Å²) in [6, 6.07) is 0. The van der Waals surface area contributed by atoms with Crippen molar-refractivity contribution < 1.29 is 14.3 Å². The van der Waals surface area contributed by atoms with Crippen LogP contribution < -0.4 is 0 Å². The highest BCUT2D eigenvalue weighted by atomic mass is 16.5. The summed E-state index contributed by atoms with van der Waals surface area (Å²) < 4.78 is 4.68. The number of ketones is 1. The van der Waals surface area contributed by atoms with Crippen molar-refractivity contribution in [2.24, 2.45) is 17.3 Å². The maximum Gasteiger partial charge on any atom is 0.308 e. The van der Waals surface area contributed by atoms with Gasteiger partial charge in [-0.1, -0.05) is 20.8 Å². The van der Waals surface area contributed by atoms with Gasteiger partial charge in [-0.25, -0.2) is 0 Å². The van der Waals surface area contributed by atoms with Crippen molar-refractivity contribution in [3.05, 3.63) is 0 Å². The Hall–Kier alpha value is -0.860. The molecule has 1 unspecified atom stereocenters. The fraction of sp³-hybridized carbons (Fsp3) is 0.846. The first-order chi connectivity index (χ1) is 7.35. The van der Waals surface area contributed by atoms with Gasteiger partial charge in [0.15, 0.2) is 0 Å². The standard InChI is InChI=1S/C13H22O3/c1-9(12(15)16-4)7-10-5-6-13(2,3)8-11(10)14/h9-10H,5-8H2,1-4H3/t9-,10?/m0/s1. The third-order valence-electron chi connectivity index (χ3n) is 3.52. The molecule has 0 aromatic rings. The van der Waals surface area contributed by atoms with E-state index in [0.717, 1.165) is 12.8 Å².